The van der Waals surface area contributed by atoms with E-state index in [0.717, 1.165) is 24.1 Å². The van der Waals surface area contributed by atoms with Gasteiger partial charge in [-0.3, -0.25) is 9.55 Å². The summed E-state index contributed by atoms with van der Waals surface area (Å²) in [5.41, 5.74) is 1.73. The highest BCUT2D eigenvalue weighted by molar-refractivity contribution is 5.85. The molecule has 0 unspecified atom stereocenters. The smallest absolute Gasteiger partial charge is 0.356 e. The lowest BCUT2D eigenvalue weighted by molar-refractivity contribution is 0.0691. The summed E-state index contributed by atoms with van der Waals surface area (Å²) in [6.45, 7) is 2.08. The fourth-order valence-electron chi connectivity index (χ4n) is 2.19. The van der Waals surface area contributed by atoms with E-state index in [4.69, 9.17) is 5.11 Å². The molecule has 0 saturated heterocycles. The molecule has 0 aliphatic heterocycles. The summed E-state index contributed by atoms with van der Waals surface area (Å²) in [4.78, 5) is 27.9. The van der Waals surface area contributed by atoms with Gasteiger partial charge in [-0.05, 0) is 18.6 Å². The fraction of sp³-hybridized carbons (Fsp3) is 0.188. The van der Waals surface area contributed by atoms with Gasteiger partial charge in [0.1, 0.15) is 12.1 Å². The molecular weight excluding hydrogens is 294 g/mol. The molecule has 0 fully saturated rings. The summed E-state index contributed by atoms with van der Waals surface area (Å²) in [6.07, 6.45) is 8.02. The summed E-state index contributed by atoms with van der Waals surface area (Å²) in [5.74, 6) is 0.107. The van der Waals surface area contributed by atoms with E-state index in [2.05, 4.69) is 26.9 Å². The second-order valence-corrected chi connectivity index (χ2v) is 5.00. The predicted octanol–water partition coefficient (Wildman–Crippen LogP) is 2.38. The van der Waals surface area contributed by atoms with Crippen molar-refractivity contribution in [2.45, 2.75) is 19.8 Å². The Bertz CT molecular complexity index is 829. The second-order valence-electron chi connectivity index (χ2n) is 5.00. The van der Waals surface area contributed by atoms with Crippen molar-refractivity contribution in [1.82, 2.24) is 24.5 Å². The zero-order chi connectivity index (χ0) is 16.2. The van der Waals surface area contributed by atoms with E-state index in [1.165, 1.54) is 12.5 Å². The molecule has 0 aliphatic carbocycles. The van der Waals surface area contributed by atoms with E-state index >= 15 is 0 Å². The van der Waals surface area contributed by atoms with Crippen LogP contribution in [0.25, 0.3) is 17.2 Å². The van der Waals surface area contributed by atoms with Crippen LogP contribution in [0.5, 0.6) is 0 Å². The third-order valence-electron chi connectivity index (χ3n) is 3.28. The van der Waals surface area contributed by atoms with Gasteiger partial charge in [-0.2, -0.15) is 0 Å². The minimum atomic E-state index is -1.07. The molecule has 0 saturated carbocycles. The summed E-state index contributed by atoms with van der Waals surface area (Å²) < 4.78 is 1.59. The van der Waals surface area contributed by atoms with Gasteiger partial charge in [0.25, 0.3) is 0 Å². The standard InChI is InChI=1S/C16H15N5O2/c1-2-3-12-8-14(21-9-13(16(22)23)18-10-21)20-15(19-12)11-4-6-17-7-5-11/h4-10H,2-3H2,1H3,(H,22,23). The van der Waals surface area contributed by atoms with Crippen molar-refractivity contribution in [3.05, 3.63) is 54.5 Å². The number of aromatic nitrogens is 5. The van der Waals surface area contributed by atoms with Crippen LogP contribution in [0.15, 0.2) is 43.1 Å². The van der Waals surface area contributed by atoms with Crippen molar-refractivity contribution in [1.29, 1.82) is 0 Å². The van der Waals surface area contributed by atoms with Gasteiger partial charge >= 0.3 is 5.97 Å². The number of hydrogen-bond donors (Lipinski definition) is 1. The molecule has 0 amide bonds. The molecule has 3 aromatic heterocycles. The first kappa shape index (κ1) is 14.8. The quantitative estimate of drug-likeness (QED) is 0.777. The van der Waals surface area contributed by atoms with E-state index in [9.17, 15) is 4.79 Å². The molecule has 23 heavy (non-hydrogen) atoms. The highest BCUT2D eigenvalue weighted by atomic mass is 16.4. The van der Waals surface area contributed by atoms with Crippen molar-refractivity contribution < 1.29 is 9.90 Å². The number of imidazole rings is 1. The molecule has 0 aliphatic rings. The first-order valence-corrected chi connectivity index (χ1v) is 7.23. The summed E-state index contributed by atoms with van der Waals surface area (Å²) >= 11 is 0. The third-order valence-corrected chi connectivity index (χ3v) is 3.28. The first-order valence-electron chi connectivity index (χ1n) is 7.23. The number of carboxylic acid groups (broad SMARTS) is 1. The molecule has 0 radical (unpaired) electrons. The average Bonchev–Trinajstić information content (AvgIpc) is 3.06. The fourth-order valence-corrected chi connectivity index (χ4v) is 2.19. The van der Waals surface area contributed by atoms with Crippen LogP contribution < -0.4 is 0 Å². The van der Waals surface area contributed by atoms with Crippen molar-refractivity contribution in [3.63, 3.8) is 0 Å². The van der Waals surface area contributed by atoms with E-state index in [-0.39, 0.29) is 5.69 Å². The highest BCUT2D eigenvalue weighted by Crippen LogP contribution is 2.18. The number of carbonyl (C=O) groups is 1. The van der Waals surface area contributed by atoms with Gasteiger partial charge in [-0.15, -0.1) is 0 Å². The normalized spacial score (nSPS) is 10.7. The van der Waals surface area contributed by atoms with Crippen molar-refractivity contribution in [2.75, 3.05) is 0 Å². The Labute approximate surface area is 132 Å². The Balaban J connectivity index is 2.08. The van der Waals surface area contributed by atoms with Crippen LogP contribution in [-0.2, 0) is 6.42 Å². The van der Waals surface area contributed by atoms with Crippen LogP contribution >= 0.6 is 0 Å². The zero-order valence-corrected chi connectivity index (χ0v) is 12.5. The molecule has 0 aromatic carbocycles. The highest BCUT2D eigenvalue weighted by Gasteiger charge is 2.11. The van der Waals surface area contributed by atoms with Crippen molar-refractivity contribution in [2.24, 2.45) is 0 Å². The molecule has 1 N–H and O–H groups in total. The summed E-state index contributed by atoms with van der Waals surface area (Å²) in [7, 11) is 0. The number of rotatable bonds is 5. The molecule has 3 heterocycles. The number of nitrogens with zero attached hydrogens (tertiary/aromatic N) is 5. The van der Waals surface area contributed by atoms with Crippen molar-refractivity contribution >= 4 is 5.97 Å². The molecule has 3 aromatic rings. The van der Waals surface area contributed by atoms with E-state index in [0.29, 0.717) is 11.6 Å². The van der Waals surface area contributed by atoms with Crippen LogP contribution in [0.3, 0.4) is 0 Å². The third kappa shape index (κ3) is 3.23. The Kier molecular flexibility index (Phi) is 4.09. The van der Waals surface area contributed by atoms with E-state index in [1.807, 2.05) is 18.2 Å². The van der Waals surface area contributed by atoms with Gasteiger partial charge in [0.15, 0.2) is 11.5 Å². The van der Waals surface area contributed by atoms with Gasteiger partial charge in [-0.25, -0.2) is 19.7 Å². The largest absolute Gasteiger partial charge is 0.476 e. The Morgan fingerprint density at radius 2 is 2.04 bits per heavy atom. The van der Waals surface area contributed by atoms with E-state index < -0.39 is 5.97 Å². The van der Waals surface area contributed by atoms with Gasteiger partial charge in [0.05, 0.1) is 0 Å². The molecule has 3 rings (SSSR count). The maximum atomic E-state index is 11.0. The second kappa shape index (κ2) is 6.35. The molecule has 7 nitrogen and oxygen atoms in total. The Morgan fingerprint density at radius 3 is 2.70 bits per heavy atom. The number of aromatic carboxylic acids is 1. The minimum absolute atomic E-state index is 0.0221. The van der Waals surface area contributed by atoms with Gasteiger partial charge in [0, 0.05) is 35.9 Å². The SMILES string of the molecule is CCCc1cc(-n2cnc(C(=O)O)c2)nc(-c2ccncc2)n1. The molecule has 7 heteroatoms. The Morgan fingerprint density at radius 1 is 1.26 bits per heavy atom. The lowest BCUT2D eigenvalue weighted by Crippen LogP contribution is -2.03. The summed E-state index contributed by atoms with van der Waals surface area (Å²) in [5, 5.41) is 9.00. The molecular formula is C16H15N5O2. The molecule has 116 valence electrons. The van der Waals surface area contributed by atoms with Gasteiger partial charge in [0.2, 0.25) is 0 Å². The van der Waals surface area contributed by atoms with Gasteiger partial charge < -0.3 is 5.11 Å². The van der Waals surface area contributed by atoms with Crippen LogP contribution in [0.1, 0.15) is 29.5 Å². The lowest BCUT2D eigenvalue weighted by Gasteiger charge is -2.08. The minimum Gasteiger partial charge on any atom is -0.476 e. The zero-order valence-electron chi connectivity index (χ0n) is 12.5. The van der Waals surface area contributed by atoms with E-state index in [1.54, 1.807) is 17.0 Å². The molecule has 0 atom stereocenters. The average molecular weight is 309 g/mol. The van der Waals surface area contributed by atoms with Crippen LogP contribution in [0, 0.1) is 0 Å². The number of hydrogen-bond acceptors (Lipinski definition) is 5. The number of pyridine rings is 1. The molecule has 0 spiro atoms. The van der Waals surface area contributed by atoms with Crippen molar-refractivity contribution in [3.8, 4) is 17.2 Å². The van der Waals surface area contributed by atoms with Crippen LogP contribution in [0.4, 0.5) is 0 Å². The maximum absolute atomic E-state index is 11.0. The van der Waals surface area contributed by atoms with Crippen LogP contribution in [-0.4, -0.2) is 35.6 Å². The van der Waals surface area contributed by atoms with Crippen LogP contribution in [0.2, 0.25) is 0 Å². The monoisotopic (exact) mass is 309 g/mol. The summed E-state index contributed by atoms with van der Waals surface area (Å²) in [6, 6.07) is 5.53. The van der Waals surface area contributed by atoms with Gasteiger partial charge in [-0.1, -0.05) is 13.3 Å². The first-order chi connectivity index (χ1) is 11.2. The topological polar surface area (TPSA) is 93.8 Å². The maximum Gasteiger partial charge on any atom is 0.356 e. The predicted molar refractivity (Wildman–Crippen MR) is 83.3 cm³/mol. The number of carboxylic acids is 1. The molecule has 0 bridgehead atoms. The lowest BCUT2D eigenvalue weighted by atomic mass is 10.2. The number of aryl methyl sites for hydroxylation is 1. The Hall–Kier alpha value is -3.09.